The molecule has 1 aliphatic rings. The maximum absolute atomic E-state index is 12.2. The maximum Gasteiger partial charge on any atom is 0.227 e. The Morgan fingerprint density at radius 3 is 2.20 bits per heavy atom. The molecule has 0 aliphatic carbocycles. The molecule has 1 fully saturated rings. The van der Waals surface area contributed by atoms with E-state index in [4.69, 9.17) is 0 Å². The number of amides is 1. The largest absolute Gasteiger partial charge is 0.372 e. The molecule has 2 rings (SSSR count). The molecular formula is C17H26N2O. The van der Waals surface area contributed by atoms with E-state index in [1.807, 2.05) is 19.2 Å². The summed E-state index contributed by atoms with van der Waals surface area (Å²) in [6.07, 6.45) is 3.13. The average molecular weight is 274 g/mol. The zero-order valence-electron chi connectivity index (χ0n) is 13.1. The molecule has 1 saturated heterocycles. The Hall–Kier alpha value is -1.51. The Morgan fingerprint density at radius 2 is 1.70 bits per heavy atom. The topological polar surface area (TPSA) is 23.6 Å². The van der Waals surface area contributed by atoms with Crippen molar-refractivity contribution < 1.29 is 4.79 Å². The molecule has 3 heteroatoms. The van der Waals surface area contributed by atoms with Gasteiger partial charge in [0, 0.05) is 37.9 Å². The fraction of sp³-hybridized carbons (Fsp3) is 0.588. The van der Waals surface area contributed by atoms with Crippen LogP contribution in [0, 0.1) is 5.41 Å². The predicted octanol–water partition coefficient (Wildman–Crippen LogP) is 3.69. The maximum atomic E-state index is 12.2. The van der Waals surface area contributed by atoms with Gasteiger partial charge in [-0.25, -0.2) is 0 Å². The van der Waals surface area contributed by atoms with Gasteiger partial charge >= 0.3 is 0 Å². The molecule has 1 aromatic rings. The molecule has 20 heavy (non-hydrogen) atoms. The smallest absolute Gasteiger partial charge is 0.227 e. The molecular weight excluding hydrogens is 248 g/mol. The standard InChI is InChI=1S/C17H26N2O/c1-17(2,3)13-16(20)18(4)14-7-9-15(10-8-14)19-11-5-6-12-19/h7-10H,5-6,11-13H2,1-4H3. The third-order valence-electron chi connectivity index (χ3n) is 3.76. The molecule has 0 atom stereocenters. The van der Waals surface area contributed by atoms with Gasteiger partial charge in [0.25, 0.3) is 0 Å². The van der Waals surface area contributed by atoms with E-state index < -0.39 is 0 Å². The van der Waals surface area contributed by atoms with Gasteiger partial charge in [-0.1, -0.05) is 20.8 Å². The normalized spacial score (nSPS) is 15.5. The second-order valence-electron chi connectivity index (χ2n) is 6.90. The molecule has 3 nitrogen and oxygen atoms in total. The Bertz CT molecular complexity index is 453. The van der Waals surface area contributed by atoms with Crippen LogP contribution in [0.2, 0.25) is 0 Å². The summed E-state index contributed by atoms with van der Waals surface area (Å²) in [7, 11) is 1.86. The summed E-state index contributed by atoms with van der Waals surface area (Å²) < 4.78 is 0. The first-order valence-electron chi connectivity index (χ1n) is 7.48. The van der Waals surface area contributed by atoms with Crippen molar-refractivity contribution in [2.75, 3.05) is 29.9 Å². The van der Waals surface area contributed by atoms with Crippen LogP contribution in [-0.2, 0) is 4.79 Å². The van der Waals surface area contributed by atoms with Gasteiger partial charge in [0.15, 0.2) is 0 Å². The summed E-state index contributed by atoms with van der Waals surface area (Å²) in [4.78, 5) is 16.4. The zero-order chi connectivity index (χ0) is 14.8. The number of anilines is 2. The van der Waals surface area contributed by atoms with Gasteiger partial charge in [-0.2, -0.15) is 0 Å². The van der Waals surface area contributed by atoms with Crippen molar-refractivity contribution >= 4 is 17.3 Å². The van der Waals surface area contributed by atoms with Gasteiger partial charge < -0.3 is 9.80 Å². The number of hydrogen-bond acceptors (Lipinski definition) is 2. The van der Waals surface area contributed by atoms with E-state index >= 15 is 0 Å². The minimum absolute atomic E-state index is 0.0286. The minimum atomic E-state index is 0.0286. The molecule has 0 aromatic heterocycles. The highest BCUT2D eigenvalue weighted by Crippen LogP contribution is 2.25. The first-order chi connectivity index (χ1) is 9.37. The highest BCUT2D eigenvalue weighted by Gasteiger charge is 2.20. The number of hydrogen-bond donors (Lipinski definition) is 0. The van der Waals surface area contributed by atoms with Crippen LogP contribution in [-0.4, -0.2) is 26.0 Å². The van der Waals surface area contributed by atoms with Crippen molar-refractivity contribution in [3.8, 4) is 0 Å². The van der Waals surface area contributed by atoms with Crippen LogP contribution in [0.4, 0.5) is 11.4 Å². The van der Waals surface area contributed by atoms with E-state index in [9.17, 15) is 4.79 Å². The molecule has 1 amide bonds. The lowest BCUT2D eigenvalue weighted by Crippen LogP contribution is -2.29. The van der Waals surface area contributed by atoms with Gasteiger partial charge in [0.05, 0.1) is 0 Å². The Balaban J connectivity index is 2.03. The average Bonchev–Trinajstić information content (AvgIpc) is 2.90. The van der Waals surface area contributed by atoms with Crippen molar-refractivity contribution in [3.63, 3.8) is 0 Å². The third kappa shape index (κ3) is 3.75. The van der Waals surface area contributed by atoms with E-state index in [1.54, 1.807) is 4.90 Å². The summed E-state index contributed by atoms with van der Waals surface area (Å²) in [6.45, 7) is 8.58. The molecule has 110 valence electrons. The number of carbonyl (C=O) groups excluding carboxylic acids is 1. The van der Waals surface area contributed by atoms with Crippen molar-refractivity contribution in [1.82, 2.24) is 0 Å². The number of rotatable bonds is 3. The first-order valence-corrected chi connectivity index (χ1v) is 7.48. The second-order valence-corrected chi connectivity index (χ2v) is 6.90. The number of nitrogens with zero attached hydrogens (tertiary/aromatic N) is 2. The van der Waals surface area contributed by atoms with Crippen LogP contribution in [0.3, 0.4) is 0 Å². The Morgan fingerprint density at radius 1 is 1.15 bits per heavy atom. The Labute approximate surface area is 122 Å². The molecule has 0 N–H and O–H groups in total. The van der Waals surface area contributed by atoms with Crippen molar-refractivity contribution in [1.29, 1.82) is 0 Å². The molecule has 1 heterocycles. The molecule has 0 radical (unpaired) electrons. The van der Waals surface area contributed by atoms with Gasteiger partial charge in [-0.15, -0.1) is 0 Å². The summed E-state index contributed by atoms with van der Waals surface area (Å²) in [5.41, 5.74) is 2.27. The number of carbonyl (C=O) groups is 1. The Kier molecular flexibility index (Phi) is 4.36. The lowest BCUT2D eigenvalue weighted by molar-refractivity contribution is -0.120. The molecule has 0 unspecified atom stereocenters. The van der Waals surface area contributed by atoms with Crippen LogP contribution in [0.5, 0.6) is 0 Å². The van der Waals surface area contributed by atoms with Crippen LogP contribution in [0.15, 0.2) is 24.3 Å². The van der Waals surface area contributed by atoms with E-state index in [1.165, 1.54) is 18.5 Å². The van der Waals surface area contributed by atoms with Crippen LogP contribution >= 0.6 is 0 Å². The summed E-state index contributed by atoms with van der Waals surface area (Å²) in [6, 6.07) is 8.35. The van der Waals surface area contributed by atoms with E-state index in [0.717, 1.165) is 18.8 Å². The van der Waals surface area contributed by atoms with Crippen molar-refractivity contribution in [3.05, 3.63) is 24.3 Å². The SMILES string of the molecule is CN(C(=O)CC(C)(C)C)c1ccc(N2CCCC2)cc1. The molecule has 1 aliphatic heterocycles. The van der Waals surface area contributed by atoms with Crippen LogP contribution in [0.25, 0.3) is 0 Å². The number of benzene rings is 1. The first kappa shape index (κ1) is 14.9. The van der Waals surface area contributed by atoms with E-state index in [-0.39, 0.29) is 11.3 Å². The van der Waals surface area contributed by atoms with Gasteiger partial charge in [-0.05, 0) is 42.5 Å². The van der Waals surface area contributed by atoms with E-state index in [0.29, 0.717) is 6.42 Å². The van der Waals surface area contributed by atoms with Crippen molar-refractivity contribution in [2.45, 2.75) is 40.0 Å². The monoisotopic (exact) mass is 274 g/mol. The molecule has 0 saturated carbocycles. The quantitative estimate of drug-likeness (QED) is 0.839. The summed E-state index contributed by atoms with van der Waals surface area (Å²) in [5.74, 6) is 0.173. The molecule has 0 spiro atoms. The lowest BCUT2D eigenvalue weighted by atomic mass is 9.91. The third-order valence-corrected chi connectivity index (χ3v) is 3.76. The highest BCUT2D eigenvalue weighted by molar-refractivity contribution is 5.93. The molecule has 0 bridgehead atoms. The van der Waals surface area contributed by atoms with Crippen LogP contribution < -0.4 is 9.80 Å². The van der Waals surface area contributed by atoms with Gasteiger partial charge in [-0.3, -0.25) is 4.79 Å². The predicted molar refractivity (Wildman–Crippen MR) is 85.4 cm³/mol. The minimum Gasteiger partial charge on any atom is -0.372 e. The summed E-state index contributed by atoms with van der Waals surface area (Å²) >= 11 is 0. The fourth-order valence-electron chi connectivity index (χ4n) is 2.58. The zero-order valence-corrected chi connectivity index (χ0v) is 13.1. The highest BCUT2D eigenvalue weighted by atomic mass is 16.2. The van der Waals surface area contributed by atoms with Gasteiger partial charge in [0.1, 0.15) is 0 Å². The van der Waals surface area contributed by atoms with E-state index in [2.05, 4.69) is 37.8 Å². The summed E-state index contributed by atoms with van der Waals surface area (Å²) in [5, 5.41) is 0. The van der Waals surface area contributed by atoms with Gasteiger partial charge in [0.2, 0.25) is 5.91 Å². The second kappa shape index (κ2) is 5.86. The van der Waals surface area contributed by atoms with Crippen molar-refractivity contribution in [2.24, 2.45) is 5.41 Å². The molecule has 1 aromatic carbocycles. The fourth-order valence-corrected chi connectivity index (χ4v) is 2.58. The lowest BCUT2D eigenvalue weighted by Gasteiger charge is -2.24. The van der Waals surface area contributed by atoms with Crippen LogP contribution in [0.1, 0.15) is 40.0 Å².